The summed E-state index contributed by atoms with van der Waals surface area (Å²) in [5, 5.41) is 5.23. The van der Waals surface area contributed by atoms with Crippen molar-refractivity contribution in [1.82, 2.24) is 0 Å². The van der Waals surface area contributed by atoms with E-state index in [0.29, 0.717) is 0 Å². The average molecular weight is 1010 g/mol. The van der Waals surface area contributed by atoms with Crippen molar-refractivity contribution < 1.29 is 4.74 Å². The van der Waals surface area contributed by atoms with Gasteiger partial charge in [-0.1, -0.05) is 151 Å². The first-order chi connectivity index (χ1) is 35.7. The van der Waals surface area contributed by atoms with Gasteiger partial charge in [0.1, 0.15) is 11.5 Å². The van der Waals surface area contributed by atoms with Crippen LogP contribution in [0.2, 0.25) is 0 Å². The summed E-state index contributed by atoms with van der Waals surface area (Å²) >= 11 is 5.69. The van der Waals surface area contributed by atoms with Crippen LogP contribution in [0, 0.1) is 6.92 Å². The van der Waals surface area contributed by atoms with E-state index in [0.717, 1.165) is 33.4 Å². The molecule has 15 rings (SSSR count). The summed E-state index contributed by atoms with van der Waals surface area (Å²) in [6.07, 6.45) is 2.31. The molecule has 0 fully saturated rings. The van der Waals surface area contributed by atoms with Gasteiger partial charge in [0.25, 0.3) is 0 Å². The summed E-state index contributed by atoms with van der Waals surface area (Å²) in [5.41, 5.74) is 19.3. The number of hydrogen-bond donors (Lipinski definition) is 0. The minimum absolute atomic E-state index is 0.0121. The van der Waals surface area contributed by atoms with E-state index in [9.17, 15) is 0 Å². The van der Waals surface area contributed by atoms with Crippen molar-refractivity contribution in [3.63, 3.8) is 0 Å². The Morgan fingerprint density at radius 3 is 1.99 bits per heavy atom. The fraction of sp³-hybridized carbons (Fsp3) is 0.194. The summed E-state index contributed by atoms with van der Waals surface area (Å²) in [7, 11) is 0. The number of ether oxygens (including phenoxy) is 1. The highest BCUT2D eigenvalue weighted by Gasteiger charge is 2.49. The van der Waals surface area contributed by atoms with Crippen molar-refractivity contribution >= 4 is 121 Å². The molecule has 0 spiro atoms. The largest absolute Gasteiger partial charge is 0.455 e. The van der Waals surface area contributed by atoms with Gasteiger partial charge in [-0.25, -0.2) is 0 Å². The van der Waals surface area contributed by atoms with Gasteiger partial charge in [-0.3, -0.25) is 0 Å². The summed E-state index contributed by atoms with van der Waals surface area (Å²) in [4.78, 5) is 7.70. The third kappa shape index (κ3) is 6.45. The maximum atomic E-state index is 7.03. The number of anilines is 5. The lowest BCUT2D eigenvalue weighted by Crippen LogP contribution is -2.61. The summed E-state index contributed by atoms with van der Waals surface area (Å²) in [6.45, 7) is 19.0. The van der Waals surface area contributed by atoms with E-state index in [1.165, 1.54) is 125 Å². The molecule has 0 saturated heterocycles. The fourth-order valence-corrected chi connectivity index (χ4v) is 16.3. The van der Waals surface area contributed by atoms with Crippen molar-refractivity contribution in [3.8, 4) is 33.8 Å². The highest BCUT2D eigenvalue weighted by Crippen LogP contribution is 2.58. The van der Waals surface area contributed by atoms with Gasteiger partial charge in [-0.05, 0) is 141 Å². The van der Waals surface area contributed by atoms with Crippen molar-refractivity contribution in [2.75, 3.05) is 9.71 Å². The predicted molar refractivity (Wildman–Crippen MR) is 321 cm³/mol. The third-order valence-electron chi connectivity index (χ3n) is 17.0. The number of hydrogen-bond acceptors (Lipinski definition) is 6. The fourth-order valence-electron chi connectivity index (χ4n) is 13.0. The molecule has 7 heteroatoms. The molecule has 360 valence electrons. The van der Waals surface area contributed by atoms with Gasteiger partial charge in [0, 0.05) is 91.5 Å². The van der Waals surface area contributed by atoms with Gasteiger partial charge in [0.05, 0.1) is 9.79 Å². The van der Waals surface area contributed by atoms with Gasteiger partial charge in [0.2, 0.25) is 0 Å². The maximum Gasteiger partial charge on any atom is 0.333 e. The Hall–Kier alpha value is -6.77. The Kier molecular flexibility index (Phi) is 9.45. The molecule has 0 N–H and O–H groups in total. The number of benzene rings is 9. The van der Waals surface area contributed by atoms with E-state index >= 15 is 0 Å². The summed E-state index contributed by atoms with van der Waals surface area (Å²) in [6, 6.07) is 62.8. The van der Waals surface area contributed by atoms with Crippen LogP contribution in [-0.4, -0.2) is 6.85 Å². The molecule has 2 aromatic heterocycles. The molecule has 0 bridgehead atoms. The van der Waals surface area contributed by atoms with Crippen molar-refractivity contribution in [1.29, 1.82) is 0 Å². The van der Waals surface area contributed by atoms with Crippen molar-refractivity contribution in [3.05, 3.63) is 186 Å². The lowest BCUT2D eigenvalue weighted by Gasteiger charge is -2.47. The first kappa shape index (κ1) is 44.7. The molecule has 0 radical (unpaired) electrons. The number of nitrogens with zero attached hydrogens (tertiary/aromatic N) is 2. The van der Waals surface area contributed by atoms with Gasteiger partial charge in [0.15, 0.2) is 0 Å². The Bertz CT molecular complexity index is 4230. The standard InChI is InChI=1S/C67H55BN2OS3/c1-38-30-47-48(67(7,8)29-28-66(47,5)6)34-51(38)69-53-36-56-61(73-59-25-17-14-22-55(59)71-56)35-49(53)68-63-54(69)33-45-42-21-13-16-24-58(42)74-64(45)62(63)46-32-44-41-20-12-15-23-57(41)72-60(44)37-52(46)70(68)50-27-26-40(65(2,3)4)31-43(50)39-18-10-9-11-19-39/h9-27,30-37H,28-29H2,1-8H3. The van der Waals surface area contributed by atoms with Gasteiger partial charge in [-0.2, -0.15) is 0 Å². The molecule has 3 nitrogen and oxygen atoms in total. The van der Waals surface area contributed by atoms with Crippen LogP contribution in [0.4, 0.5) is 28.4 Å². The molecule has 9 aromatic carbocycles. The topological polar surface area (TPSA) is 15.7 Å². The molecule has 0 saturated carbocycles. The van der Waals surface area contributed by atoms with Crippen LogP contribution >= 0.6 is 34.4 Å². The molecule has 4 aliphatic rings. The van der Waals surface area contributed by atoms with Crippen molar-refractivity contribution in [2.24, 2.45) is 0 Å². The van der Waals surface area contributed by atoms with Gasteiger partial charge >= 0.3 is 6.85 Å². The normalized spacial score (nSPS) is 15.9. The van der Waals surface area contributed by atoms with Crippen LogP contribution in [0.1, 0.15) is 83.6 Å². The number of aryl methyl sites for hydroxylation is 1. The second-order valence-corrected chi connectivity index (χ2v) is 26.8. The Balaban J connectivity index is 1.13. The Morgan fingerprint density at radius 2 is 1.22 bits per heavy atom. The van der Waals surface area contributed by atoms with Crippen LogP contribution in [0.25, 0.3) is 62.6 Å². The van der Waals surface area contributed by atoms with Crippen LogP contribution in [-0.2, 0) is 16.2 Å². The van der Waals surface area contributed by atoms with Crippen molar-refractivity contribution in [2.45, 2.75) is 94.3 Å². The van der Waals surface area contributed by atoms with Crippen LogP contribution in [0.5, 0.6) is 11.5 Å². The zero-order valence-electron chi connectivity index (χ0n) is 43.1. The SMILES string of the molecule is Cc1cc2c(cc1N1c3cc4c(cc3B3c5c1cc1c(sc6ccccc61)c5-c1cc5c(cc1N3c1ccc(C(C)(C)C)cc1-c1ccccc1)sc1ccccc15)Sc1ccccc1O4)C(C)(C)CCC2(C)C. The van der Waals surface area contributed by atoms with Crippen LogP contribution in [0.15, 0.2) is 174 Å². The first-order valence-electron chi connectivity index (χ1n) is 26.2. The summed E-state index contributed by atoms with van der Waals surface area (Å²) in [5.74, 6) is 1.80. The molecule has 5 heterocycles. The number of para-hydroxylation sites is 1. The number of fused-ring (bicyclic) bond motifs is 14. The molecule has 11 aromatic rings. The average Bonchev–Trinajstić information content (AvgIpc) is 4.12. The zero-order valence-corrected chi connectivity index (χ0v) is 45.6. The van der Waals surface area contributed by atoms with Gasteiger partial charge in [-0.15, -0.1) is 22.7 Å². The quantitative estimate of drug-likeness (QED) is 0.164. The Morgan fingerprint density at radius 1 is 0.527 bits per heavy atom. The van der Waals surface area contributed by atoms with Crippen LogP contribution in [0.3, 0.4) is 0 Å². The van der Waals surface area contributed by atoms with E-state index in [4.69, 9.17) is 4.74 Å². The molecule has 0 atom stereocenters. The number of rotatable bonds is 3. The third-order valence-corrected chi connectivity index (χ3v) is 20.5. The van der Waals surface area contributed by atoms with E-state index in [2.05, 4.69) is 229 Å². The minimum Gasteiger partial charge on any atom is -0.455 e. The first-order valence-corrected chi connectivity index (χ1v) is 28.7. The molecule has 1 aliphatic carbocycles. The van der Waals surface area contributed by atoms with Crippen LogP contribution < -0.4 is 25.4 Å². The summed E-state index contributed by atoms with van der Waals surface area (Å²) < 4.78 is 12.3. The Labute approximate surface area is 446 Å². The highest BCUT2D eigenvalue weighted by atomic mass is 32.2. The monoisotopic (exact) mass is 1010 g/mol. The lowest BCUT2D eigenvalue weighted by molar-refractivity contribution is 0.332. The van der Waals surface area contributed by atoms with Gasteiger partial charge < -0.3 is 14.4 Å². The highest BCUT2D eigenvalue weighted by molar-refractivity contribution is 7.99. The van der Waals surface area contributed by atoms with E-state index in [1.54, 1.807) is 0 Å². The van der Waals surface area contributed by atoms with E-state index < -0.39 is 0 Å². The second-order valence-electron chi connectivity index (χ2n) is 23.5. The minimum atomic E-state index is -0.209. The maximum absolute atomic E-state index is 7.03. The second kappa shape index (κ2) is 15.6. The lowest BCUT2D eigenvalue weighted by atomic mass is 9.43. The molecule has 74 heavy (non-hydrogen) atoms. The van der Waals surface area contributed by atoms with E-state index in [-0.39, 0.29) is 23.1 Å². The predicted octanol–water partition coefficient (Wildman–Crippen LogP) is 19.0. The molecule has 0 amide bonds. The molecule has 3 aliphatic heterocycles. The zero-order chi connectivity index (χ0) is 50.2. The molecule has 0 unspecified atom stereocenters. The molecular weight excluding hydrogens is 956 g/mol. The van der Waals surface area contributed by atoms with E-state index in [1.807, 2.05) is 34.4 Å². The molecular formula is C67H55BN2OS3. The number of thiophene rings is 2. The smallest absolute Gasteiger partial charge is 0.333 e.